The third-order valence-corrected chi connectivity index (χ3v) is 2.78. The van der Waals surface area contributed by atoms with E-state index in [0.717, 1.165) is 5.56 Å². The number of amidine groups is 1. The van der Waals surface area contributed by atoms with Crippen molar-refractivity contribution in [3.05, 3.63) is 65.7 Å². The molecule has 5 N–H and O–H groups in total. The zero-order valence-electron chi connectivity index (χ0n) is 11.2. The number of rotatable bonds is 4. The molecule has 0 aliphatic carbocycles. The zero-order valence-corrected chi connectivity index (χ0v) is 11.2. The summed E-state index contributed by atoms with van der Waals surface area (Å²) in [4.78, 5) is 11.8. The van der Waals surface area contributed by atoms with Crippen LogP contribution in [0, 0.1) is 5.41 Å². The summed E-state index contributed by atoms with van der Waals surface area (Å²) in [5.41, 5.74) is 7.40. The fraction of sp³-hybridized carbons (Fsp3) is 0. The number of nitrogens with one attached hydrogen (secondary N) is 2. The van der Waals surface area contributed by atoms with Crippen molar-refractivity contribution in [3.8, 4) is 5.75 Å². The molecule has 5 heteroatoms. The van der Waals surface area contributed by atoms with Crippen molar-refractivity contribution >= 4 is 23.5 Å². The first-order valence-corrected chi connectivity index (χ1v) is 6.27. The second kappa shape index (κ2) is 6.38. The lowest BCUT2D eigenvalue weighted by Gasteiger charge is -2.03. The maximum Gasteiger partial charge on any atom is 0.248 e. The summed E-state index contributed by atoms with van der Waals surface area (Å²) in [5, 5.41) is 19.2. The van der Waals surface area contributed by atoms with E-state index in [1.165, 1.54) is 6.08 Å². The molecule has 0 saturated carbocycles. The normalized spacial score (nSPS) is 10.5. The van der Waals surface area contributed by atoms with E-state index in [2.05, 4.69) is 5.32 Å². The smallest absolute Gasteiger partial charge is 0.248 e. The Labute approximate surface area is 122 Å². The molecule has 2 aromatic rings. The van der Waals surface area contributed by atoms with Crippen molar-refractivity contribution < 1.29 is 9.90 Å². The molecule has 2 aromatic carbocycles. The summed E-state index contributed by atoms with van der Waals surface area (Å²) in [7, 11) is 0. The highest BCUT2D eigenvalue weighted by molar-refractivity contribution is 6.02. The van der Waals surface area contributed by atoms with E-state index in [1.54, 1.807) is 54.6 Å². The molecule has 0 unspecified atom stereocenters. The fourth-order valence-corrected chi connectivity index (χ4v) is 1.67. The number of anilines is 1. The number of nitrogen functional groups attached to an aromatic ring is 1. The lowest BCUT2D eigenvalue weighted by Crippen LogP contribution is -2.11. The van der Waals surface area contributed by atoms with E-state index < -0.39 is 0 Å². The molecule has 2 rings (SSSR count). The van der Waals surface area contributed by atoms with Crippen LogP contribution in [0.5, 0.6) is 5.75 Å². The number of benzene rings is 2. The van der Waals surface area contributed by atoms with Crippen LogP contribution in [0.25, 0.3) is 6.08 Å². The summed E-state index contributed by atoms with van der Waals surface area (Å²) >= 11 is 0. The largest absolute Gasteiger partial charge is 0.508 e. The minimum absolute atomic E-state index is 0.0138. The first kappa shape index (κ1) is 14.3. The fourth-order valence-electron chi connectivity index (χ4n) is 1.67. The number of phenolic OH excluding ortho intramolecular Hbond substituents is 1. The quantitative estimate of drug-likeness (QED) is 0.393. The number of aromatic hydroxyl groups is 1. The predicted octanol–water partition coefficient (Wildman–Crippen LogP) is 2.33. The summed E-state index contributed by atoms with van der Waals surface area (Å²) < 4.78 is 0. The van der Waals surface area contributed by atoms with Gasteiger partial charge in [-0.3, -0.25) is 10.2 Å². The molecule has 21 heavy (non-hydrogen) atoms. The third kappa shape index (κ3) is 4.21. The molecule has 1 amide bonds. The van der Waals surface area contributed by atoms with Gasteiger partial charge in [0.05, 0.1) is 0 Å². The molecule has 0 atom stereocenters. The molecular weight excluding hydrogens is 266 g/mol. The van der Waals surface area contributed by atoms with Gasteiger partial charge in [0.25, 0.3) is 0 Å². The van der Waals surface area contributed by atoms with Crippen LogP contribution in [0.15, 0.2) is 54.6 Å². The Hall–Kier alpha value is -3.08. The van der Waals surface area contributed by atoms with Crippen LogP contribution in [0.3, 0.4) is 0 Å². The van der Waals surface area contributed by atoms with Crippen LogP contribution in [0.4, 0.5) is 5.69 Å². The lowest BCUT2D eigenvalue weighted by molar-refractivity contribution is -0.111. The molecule has 106 valence electrons. The molecule has 0 heterocycles. The van der Waals surface area contributed by atoms with Crippen molar-refractivity contribution in [1.82, 2.24) is 0 Å². The number of nitrogens with two attached hydrogens (primary N) is 1. The number of hydrogen-bond donors (Lipinski definition) is 4. The standard InChI is InChI=1S/C16H15N3O2/c17-16(18)12-4-6-13(7-5-12)19-15(21)10-3-11-1-8-14(20)9-2-11/h1-10,20H,(H3,17,18)(H,19,21). The number of hydrogen-bond acceptors (Lipinski definition) is 3. The first-order chi connectivity index (χ1) is 10.0. The zero-order chi connectivity index (χ0) is 15.2. The summed E-state index contributed by atoms with van der Waals surface area (Å²) in [6.07, 6.45) is 3.06. The average Bonchev–Trinajstić information content (AvgIpc) is 2.47. The number of carbonyl (C=O) groups is 1. The average molecular weight is 281 g/mol. The summed E-state index contributed by atoms with van der Waals surface area (Å²) in [6.45, 7) is 0. The topological polar surface area (TPSA) is 99.2 Å². The number of carbonyl (C=O) groups excluding carboxylic acids is 1. The van der Waals surface area contributed by atoms with Gasteiger partial charge in [-0.05, 0) is 48.0 Å². The SMILES string of the molecule is N=C(N)c1ccc(NC(=O)C=Cc2ccc(O)cc2)cc1. The first-order valence-electron chi connectivity index (χ1n) is 6.27. The van der Waals surface area contributed by atoms with Crippen LogP contribution < -0.4 is 11.1 Å². The maximum atomic E-state index is 11.8. The Bertz CT molecular complexity index is 674. The highest BCUT2D eigenvalue weighted by Crippen LogP contribution is 2.12. The van der Waals surface area contributed by atoms with E-state index in [1.807, 2.05) is 0 Å². The second-order valence-corrected chi connectivity index (χ2v) is 4.41. The predicted molar refractivity (Wildman–Crippen MR) is 83.2 cm³/mol. The number of phenols is 1. The van der Waals surface area contributed by atoms with Gasteiger partial charge in [-0.15, -0.1) is 0 Å². The van der Waals surface area contributed by atoms with Crippen molar-refractivity contribution in [2.24, 2.45) is 5.73 Å². The highest BCUT2D eigenvalue weighted by atomic mass is 16.3. The Balaban J connectivity index is 1.98. The molecule has 0 fully saturated rings. The van der Waals surface area contributed by atoms with E-state index in [0.29, 0.717) is 11.3 Å². The minimum atomic E-state index is -0.265. The van der Waals surface area contributed by atoms with Gasteiger partial charge in [0.2, 0.25) is 5.91 Å². The van der Waals surface area contributed by atoms with Gasteiger partial charge in [0, 0.05) is 17.3 Å². The van der Waals surface area contributed by atoms with Gasteiger partial charge < -0.3 is 16.2 Å². The summed E-state index contributed by atoms with van der Waals surface area (Å²) in [5.74, 6) is -0.0964. The van der Waals surface area contributed by atoms with Gasteiger partial charge >= 0.3 is 0 Å². The monoisotopic (exact) mass is 281 g/mol. The molecule has 0 saturated heterocycles. The molecular formula is C16H15N3O2. The molecule has 0 spiro atoms. The van der Waals surface area contributed by atoms with Crippen molar-refractivity contribution in [2.45, 2.75) is 0 Å². The molecule has 0 aliphatic rings. The van der Waals surface area contributed by atoms with Crippen LogP contribution in [0.1, 0.15) is 11.1 Å². The van der Waals surface area contributed by atoms with E-state index in [-0.39, 0.29) is 17.5 Å². The number of amides is 1. The third-order valence-electron chi connectivity index (χ3n) is 2.78. The Morgan fingerprint density at radius 2 is 1.71 bits per heavy atom. The van der Waals surface area contributed by atoms with Gasteiger partial charge in [0.1, 0.15) is 11.6 Å². The van der Waals surface area contributed by atoms with Crippen molar-refractivity contribution in [3.63, 3.8) is 0 Å². The van der Waals surface area contributed by atoms with Crippen molar-refractivity contribution in [2.75, 3.05) is 5.32 Å². The second-order valence-electron chi connectivity index (χ2n) is 4.41. The van der Waals surface area contributed by atoms with Gasteiger partial charge in [-0.25, -0.2) is 0 Å². The van der Waals surface area contributed by atoms with E-state index in [4.69, 9.17) is 16.2 Å². The van der Waals surface area contributed by atoms with Crippen LogP contribution in [-0.4, -0.2) is 16.8 Å². The van der Waals surface area contributed by atoms with Crippen LogP contribution in [-0.2, 0) is 4.79 Å². The molecule has 0 aromatic heterocycles. The summed E-state index contributed by atoms with van der Waals surface area (Å²) in [6, 6.07) is 13.2. The van der Waals surface area contributed by atoms with Gasteiger partial charge in [-0.1, -0.05) is 12.1 Å². The van der Waals surface area contributed by atoms with Gasteiger partial charge in [-0.2, -0.15) is 0 Å². The molecule has 0 bridgehead atoms. The Kier molecular flexibility index (Phi) is 4.36. The van der Waals surface area contributed by atoms with Crippen molar-refractivity contribution in [1.29, 1.82) is 5.41 Å². The van der Waals surface area contributed by atoms with Gasteiger partial charge in [0.15, 0.2) is 0 Å². The Morgan fingerprint density at radius 3 is 2.29 bits per heavy atom. The highest BCUT2D eigenvalue weighted by Gasteiger charge is 2.00. The minimum Gasteiger partial charge on any atom is -0.508 e. The van der Waals surface area contributed by atoms with E-state index >= 15 is 0 Å². The van der Waals surface area contributed by atoms with Crippen LogP contribution in [0.2, 0.25) is 0 Å². The Morgan fingerprint density at radius 1 is 1.10 bits per heavy atom. The molecule has 0 radical (unpaired) electrons. The maximum absolute atomic E-state index is 11.8. The molecule has 0 aliphatic heterocycles. The molecule has 5 nitrogen and oxygen atoms in total. The lowest BCUT2D eigenvalue weighted by atomic mass is 10.2. The van der Waals surface area contributed by atoms with Crippen LogP contribution >= 0.6 is 0 Å². The van der Waals surface area contributed by atoms with E-state index in [9.17, 15) is 4.79 Å².